The summed E-state index contributed by atoms with van der Waals surface area (Å²) in [7, 11) is 0. The largest absolute Gasteiger partial charge is 0.492 e. The molecule has 33 heavy (non-hydrogen) atoms. The zero-order valence-electron chi connectivity index (χ0n) is 18.9. The van der Waals surface area contributed by atoms with Gasteiger partial charge in [0, 0.05) is 38.4 Å². The summed E-state index contributed by atoms with van der Waals surface area (Å²) in [5, 5.41) is 3.20. The third kappa shape index (κ3) is 5.04. The Morgan fingerprint density at radius 3 is 2.45 bits per heavy atom. The first-order chi connectivity index (χ1) is 16.3. The number of piperazine rings is 1. The van der Waals surface area contributed by atoms with E-state index in [0.717, 1.165) is 43.9 Å². The molecule has 0 bridgehead atoms. The van der Waals surface area contributed by atoms with Crippen molar-refractivity contribution in [1.82, 2.24) is 10.2 Å². The number of hydrogen-bond donors (Lipinski definition) is 1. The van der Waals surface area contributed by atoms with Crippen molar-refractivity contribution in [2.75, 3.05) is 37.7 Å². The molecule has 5 nitrogen and oxygen atoms in total. The van der Waals surface area contributed by atoms with Gasteiger partial charge in [-0.1, -0.05) is 66.7 Å². The Hall–Kier alpha value is -3.31. The van der Waals surface area contributed by atoms with Gasteiger partial charge in [-0.15, -0.1) is 0 Å². The van der Waals surface area contributed by atoms with Gasteiger partial charge in [-0.3, -0.25) is 9.69 Å². The molecule has 2 aliphatic rings. The van der Waals surface area contributed by atoms with Crippen LogP contribution in [0.15, 0.2) is 84.9 Å². The molecule has 0 aromatic heterocycles. The Kier molecular flexibility index (Phi) is 6.58. The molecule has 1 fully saturated rings. The molecule has 2 unspecified atom stereocenters. The molecular weight excluding hydrogens is 410 g/mol. The summed E-state index contributed by atoms with van der Waals surface area (Å²) in [6, 6.07) is 28.8. The summed E-state index contributed by atoms with van der Waals surface area (Å²) in [6.45, 7) is 4.85. The molecule has 1 N–H and O–H groups in total. The smallest absolute Gasteiger partial charge is 0.225 e. The van der Waals surface area contributed by atoms with Crippen molar-refractivity contribution < 1.29 is 9.53 Å². The predicted octanol–water partition coefficient (Wildman–Crippen LogP) is 3.74. The zero-order valence-corrected chi connectivity index (χ0v) is 18.9. The molecule has 1 amide bonds. The lowest BCUT2D eigenvalue weighted by molar-refractivity contribution is -0.126. The van der Waals surface area contributed by atoms with Gasteiger partial charge in [-0.05, 0) is 35.7 Å². The molecule has 1 saturated heterocycles. The van der Waals surface area contributed by atoms with Crippen molar-refractivity contribution in [3.63, 3.8) is 0 Å². The van der Waals surface area contributed by atoms with Gasteiger partial charge >= 0.3 is 0 Å². The minimum atomic E-state index is -0.0681. The maximum atomic E-state index is 13.4. The maximum Gasteiger partial charge on any atom is 0.225 e. The molecule has 170 valence electrons. The monoisotopic (exact) mass is 441 g/mol. The van der Waals surface area contributed by atoms with Crippen LogP contribution in [-0.4, -0.2) is 49.6 Å². The molecule has 0 radical (unpaired) electrons. The number of hydrogen-bond acceptors (Lipinski definition) is 4. The van der Waals surface area contributed by atoms with E-state index in [4.69, 9.17) is 4.74 Å². The van der Waals surface area contributed by atoms with Gasteiger partial charge in [-0.25, -0.2) is 0 Å². The van der Waals surface area contributed by atoms with Gasteiger partial charge in [0.25, 0.3) is 0 Å². The van der Waals surface area contributed by atoms with E-state index in [1.165, 1.54) is 11.3 Å². The summed E-state index contributed by atoms with van der Waals surface area (Å²) >= 11 is 0. The Morgan fingerprint density at radius 1 is 0.909 bits per heavy atom. The van der Waals surface area contributed by atoms with E-state index in [-0.39, 0.29) is 17.9 Å². The first kappa shape index (κ1) is 21.5. The highest BCUT2D eigenvalue weighted by molar-refractivity contribution is 5.82. The van der Waals surface area contributed by atoms with E-state index in [1.54, 1.807) is 0 Å². The second-order valence-electron chi connectivity index (χ2n) is 8.87. The molecule has 0 saturated carbocycles. The van der Waals surface area contributed by atoms with Crippen molar-refractivity contribution in [3.05, 3.63) is 96.1 Å². The number of amides is 1. The van der Waals surface area contributed by atoms with Gasteiger partial charge in [0.2, 0.25) is 5.91 Å². The fourth-order valence-corrected chi connectivity index (χ4v) is 5.05. The Balaban J connectivity index is 1.26. The van der Waals surface area contributed by atoms with Crippen LogP contribution in [-0.2, 0) is 17.8 Å². The molecule has 0 spiro atoms. The number of ether oxygens (including phenoxy) is 1. The lowest BCUT2D eigenvalue weighted by Gasteiger charge is -2.49. The van der Waals surface area contributed by atoms with E-state index in [9.17, 15) is 4.79 Å². The highest BCUT2D eigenvalue weighted by Gasteiger charge is 2.41. The highest BCUT2D eigenvalue weighted by Crippen LogP contribution is 2.36. The molecule has 2 aliphatic heterocycles. The van der Waals surface area contributed by atoms with Crippen LogP contribution in [0.1, 0.15) is 11.1 Å². The lowest BCUT2D eigenvalue weighted by atomic mass is 9.83. The van der Waals surface area contributed by atoms with Crippen molar-refractivity contribution in [3.8, 4) is 5.75 Å². The number of benzene rings is 3. The van der Waals surface area contributed by atoms with Crippen molar-refractivity contribution in [1.29, 1.82) is 0 Å². The summed E-state index contributed by atoms with van der Waals surface area (Å²) in [6.07, 6.45) is 0.784. The van der Waals surface area contributed by atoms with E-state index in [1.807, 2.05) is 48.5 Å². The minimum absolute atomic E-state index is 0.0681. The van der Waals surface area contributed by atoms with Crippen LogP contribution in [0.2, 0.25) is 0 Å². The van der Waals surface area contributed by atoms with Crippen LogP contribution in [0.5, 0.6) is 5.75 Å². The van der Waals surface area contributed by atoms with E-state index < -0.39 is 0 Å². The average molecular weight is 442 g/mol. The molecule has 5 rings (SSSR count). The topological polar surface area (TPSA) is 44.8 Å². The zero-order chi connectivity index (χ0) is 22.5. The average Bonchev–Trinajstić information content (AvgIpc) is 2.88. The number of para-hydroxylation sites is 2. The normalized spacial score (nSPS) is 19.9. The van der Waals surface area contributed by atoms with Crippen LogP contribution in [0.4, 0.5) is 5.69 Å². The number of nitrogens with zero attached hydrogens (tertiary/aromatic N) is 2. The molecule has 3 aromatic carbocycles. The summed E-state index contributed by atoms with van der Waals surface area (Å²) in [5.74, 6) is 0.980. The first-order valence-corrected chi connectivity index (χ1v) is 11.8. The van der Waals surface area contributed by atoms with Crippen molar-refractivity contribution in [2.24, 2.45) is 5.92 Å². The van der Waals surface area contributed by atoms with E-state index in [0.29, 0.717) is 13.2 Å². The summed E-state index contributed by atoms with van der Waals surface area (Å²) in [4.78, 5) is 18.3. The maximum absolute atomic E-state index is 13.4. The number of fused-ring (bicyclic) bond motifs is 3. The van der Waals surface area contributed by atoms with Crippen LogP contribution >= 0.6 is 0 Å². The molecular formula is C28H31N3O2. The minimum Gasteiger partial charge on any atom is -0.492 e. The second kappa shape index (κ2) is 10.1. The Morgan fingerprint density at radius 2 is 1.64 bits per heavy atom. The number of nitrogens with one attached hydrogen (secondary N) is 1. The van der Waals surface area contributed by atoms with Crippen molar-refractivity contribution >= 4 is 11.6 Å². The van der Waals surface area contributed by atoms with E-state index >= 15 is 0 Å². The number of carbonyl (C=O) groups excluding carboxylic acids is 1. The lowest BCUT2D eigenvalue weighted by Crippen LogP contribution is -2.61. The molecule has 2 heterocycles. The first-order valence-electron chi connectivity index (χ1n) is 11.8. The van der Waals surface area contributed by atoms with Gasteiger partial charge in [-0.2, -0.15) is 0 Å². The van der Waals surface area contributed by atoms with Crippen LogP contribution in [0.3, 0.4) is 0 Å². The predicted molar refractivity (Wildman–Crippen MR) is 131 cm³/mol. The van der Waals surface area contributed by atoms with Gasteiger partial charge in [0.1, 0.15) is 12.4 Å². The number of rotatable bonds is 7. The molecule has 0 aliphatic carbocycles. The molecule has 2 atom stereocenters. The quantitative estimate of drug-likeness (QED) is 0.607. The fourth-order valence-electron chi connectivity index (χ4n) is 5.05. The fraction of sp³-hybridized carbons (Fsp3) is 0.321. The van der Waals surface area contributed by atoms with Gasteiger partial charge < -0.3 is 15.0 Å². The van der Waals surface area contributed by atoms with Gasteiger partial charge in [0.15, 0.2) is 0 Å². The van der Waals surface area contributed by atoms with Crippen LogP contribution in [0, 0.1) is 5.92 Å². The highest BCUT2D eigenvalue weighted by atomic mass is 16.5. The Labute approximate surface area is 196 Å². The van der Waals surface area contributed by atoms with Crippen LogP contribution in [0.25, 0.3) is 0 Å². The summed E-state index contributed by atoms with van der Waals surface area (Å²) < 4.78 is 5.93. The molecule has 5 heteroatoms. The SMILES string of the molecule is O=C(NCc1ccccc1)C1Cc2ccccc2N2CCN(CCOc3ccccc3)CC12. The van der Waals surface area contributed by atoms with Gasteiger partial charge in [0.05, 0.1) is 12.0 Å². The number of anilines is 1. The van der Waals surface area contributed by atoms with E-state index in [2.05, 4.69) is 51.5 Å². The standard InChI is InChI=1S/C28H31N3O2/c32-28(29-20-22-9-3-1-4-10-22)25-19-23-11-7-8-14-26(23)31-16-15-30(21-27(25)31)17-18-33-24-12-5-2-6-13-24/h1-14,25,27H,15-21H2,(H,29,32). The Bertz CT molecular complexity index is 1060. The third-order valence-electron chi connectivity index (χ3n) is 6.77. The van der Waals surface area contributed by atoms with Crippen LogP contribution < -0.4 is 15.0 Å². The van der Waals surface area contributed by atoms with Crippen molar-refractivity contribution in [2.45, 2.75) is 19.0 Å². The summed E-state index contributed by atoms with van der Waals surface area (Å²) in [5.41, 5.74) is 3.69. The number of carbonyl (C=O) groups is 1. The molecule has 3 aromatic rings. The third-order valence-corrected chi connectivity index (χ3v) is 6.77. The second-order valence-corrected chi connectivity index (χ2v) is 8.87.